The minimum atomic E-state index is -0.603. The molecule has 0 aliphatic heterocycles. The number of rotatable bonds is 3. The predicted molar refractivity (Wildman–Crippen MR) is 73.7 cm³/mol. The molecule has 5 heteroatoms. The van der Waals surface area contributed by atoms with E-state index in [2.05, 4.69) is 0 Å². The van der Waals surface area contributed by atoms with Crippen LogP contribution in [-0.2, 0) is 0 Å². The number of nitrogens with one attached hydrogen (secondary N) is 1. The maximum atomic E-state index is 13.6. The van der Waals surface area contributed by atoms with Crippen LogP contribution in [0.25, 0.3) is 0 Å². The van der Waals surface area contributed by atoms with Crippen molar-refractivity contribution < 1.29 is 9.13 Å². The second-order valence-corrected chi connectivity index (χ2v) is 4.47. The van der Waals surface area contributed by atoms with Gasteiger partial charge in [0.05, 0.1) is 10.6 Å². The Balaban J connectivity index is 2.44. The Hall–Kier alpha value is -2.07. The summed E-state index contributed by atoms with van der Waals surface area (Å²) in [5, 5.41) is 7.81. The van der Waals surface area contributed by atoms with Crippen LogP contribution < -0.4 is 10.5 Å². The number of halogens is 2. The lowest BCUT2D eigenvalue weighted by Gasteiger charge is -2.12. The van der Waals surface area contributed by atoms with Crippen molar-refractivity contribution in [3.05, 3.63) is 58.4 Å². The molecule has 0 unspecified atom stereocenters. The standard InChI is InChI=1S/C14H12ClFN2O/c1-8-5-6-11(9(15)7-8)19-12-4-2-3-10(16)13(12)14(17)18/h2-7H,1H3,(H3,17,18). The molecular formula is C14H12ClFN2O. The second-order valence-electron chi connectivity index (χ2n) is 4.06. The molecule has 98 valence electrons. The van der Waals surface area contributed by atoms with E-state index in [1.165, 1.54) is 18.2 Å². The normalized spacial score (nSPS) is 10.3. The van der Waals surface area contributed by atoms with E-state index in [9.17, 15) is 4.39 Å². The highest BCUT2D eigenvalue weighted by atomic mass is 35.5. The van der Waals surface area contributed by atoms with Crippen LogP contribution in [0.5, 0.6) is 11.5 Å². The molecule has 19 heavy (non-hydrogen) atoms. The molecule has 2 rings (SSSR count). The largest absolute Gasteiger partial charge is 0.455 e. The molecule has 0 amide bonds. The minimum absolute atomic E-state index is 0.0702. The van der Waals surface area contributed by atoms with Crippen LogP contribution in [0.4, 0.5) is 4.39 Å². The molecule has 2 aromatic carbocycles. The summed E-state index contributed by atoms with van der Waals surface area (Å²) in [6.45, 7) is 1.90. The number of hydrogen-bond acceptors (Lipinski definition) is 2. The Bertz CT molecular complexity index is 643. The van der Waals surface area contributed by atoms with Gasteiger partial charge in [-0.15, -0.1) is 0 Å². The van der Waals surface area contributed by atoms with E-state index in [4.69, 9.17) is 27.5 Å². The zero-order valence-electron chi connectivity index (χ0n) is 10.2. The molecule has 0 saturated carbocycles. The summed E-state index contributed by atoms with van der Waals surface area (Å²) in [4.78, 5) is 0. The minimum Gasteiger partial charge on any atom is -0.455 e. The second kappa shape index (κ2) is 5.28. The molecule has 0 radical (unpaired) electrons. The van der Waals surface area contributed by atoms with E-state index in [1.54, 1.807) is 12.1 Å². The van der Waals surface area contributed by atoms with Gasteiger partial charge in [-0.2, -0.15) is 0 Å². The molecule has 3 N–H and O–H groups in total. The van der Waals surface area contributed by atoms with E-state index in [1.807, 2.05) is 13.0 Å². The number of aryl methyl sites for hydroxylation is 1. The Kier molecular flexibility index (Phi) is 3.71. The van der Waals surface area contributed by atoms with E-state index < -0.39 is 11.7 Å². The van der Waals surface area contributed by atoms with Gasteiger partial charge in [0.25, 0.3) is 0 Å². The number of ether oxygens (including phenoxy) is 1. The lowest BCUT2D eigenvalue weighted by atomic mass is 10.1. The number of nitrogens with two attached hydrogens (primary N) is 1. The third kappa shape index (κ3) is 2.85. The highest BCUT2D eigenvalue weighted by Gasteiger charge is 2.14. The van der Waals surface area contributed by atoms with Crippen molar-refractivity contribution in [2.45, 2.75) is 6.92 Å². The quantitative estimate of drug-likeness (QED) is 0.661. The van der Waals surface area contributed by atoms with Crippen LogP contribution in [0.1, 0.15) is 11.1 Å². The van der Waals surface area contributed by atoms with Crippen LogP contribution in [-0.4, -0.2) is 5.84 Å². The first-order valence-corrected chi connectivity index (χ1v) is 5.93. The molecule has 0 atom stereocenters. The van der Waals surface area contributed by atoms with E-state index in [0.29, 0.717) is 10.8 Å². The molecular weight excluding hydrogens is 267 g/mol. The fraction of sp³-hybridized carbons (Fsp3) is 0.0714. The summed E-state index contributed by atoms with van der Waals surface area (Å²) < 4.78 is 19.2. The van der Waals surface area contributed by atoms with Gasteiger partial charge >= 0.3 is 0 Å². The summed E-state index contributed by atoms with van der Waals surface area (Å²) >= 11 is 6.05. The molecule has 0 spiro atoms. The first kappa shape index (κ1) is 13.4. The monoisotopic (exact) mass is 278 g/mol. The van der Waals surface area contributed by atoms with Gasteiger partial charge in [0.15, 0.2) is 0 Å². The summed E-state index contributed by atoms with van der Waals surface area (Å²) in [7, 11) is 0. The highest BCUT2D eigenvalue weighted by molar-refractivity contribution is 6.32. The van der Waals surface area contributed by atoms with Crippen LogP contribution in [0.2, 0.25) is 5.02 Å². The van der Waals surface area contributed by atoms with Gasteiger partial charge in [-0.3, -0.25) is 5.41 Å². The fourth-order valence-electron chi connectivity index (χ4n) is 1.66. The maximum Gasteiger partial charge on any atom is 0.146 e. The van der Waals surface area contributed by atoms with E-state index in [0.717, 1.165) is 5.56 Å². The van der Waals surface area contributed by atoms with Crippen molar-refractivity contribution in [2.24, 2.45) is 5.73 Å². The van der Waals surface area contributed by atoms with Crippen molar-refractivity contribution in [2.75, 3.05) is 0 Å². The van der Waals surface area contributed by atoms with Gasteiger partial charge in [-0.25, -0.2) is 4.39 Å². The lowest BCUT2D eigenvalue weighted by Crippen LogP contribution is -2.14. The molecule has 0 aliphatic rings. The van der Waals surface area contributed by atoms with Gasteiger partial charge in [0.1, 0.15) is 23.2 Å². The zero-order chi connectivity index (χ0) is 14.0. The van der Waals surface area contributed by atoms with Crippen molar-refractivity contribution in [3.8, 4) is 11.5 Å². The summed E-state index contributed by atoms with van der Waals surface area (Å²) in [6.07, 6.45) is 0. The lowest BCUT2D eigenvalue weighted by molar-refractivity contribution is 0.475. The first-order chi connectivity index (χ1) is 8.99. The highest BCUT2D eigenvalue weighted by Crippen LogP contribution is 2.32. The Morgan fingerprint density at radius 2 is 2.00 bits per heavy atom. The smallest absolute Gasteiger partial charge is 0.146 e. The van der Waals surface area contributed by atoms with Gasteiger partial charge in [-0.1, -0.05) is 23.7 Å². The Labute approximate surface area is 115 Å². The van der Waals surface area contributed by atoms with E-state index >= 15 is 0 Å². The van der Waals surface area contributed by atoms with Gasteiger partial charge in [0, 0.05) is 0 Å². The maximum absolute atomic E-state index is 13.6. The average molecular weight is 279 g/mol. The fourth-order valence-corrected chi connectivity index (χ4v) is 1.93. The molecule has 0 fully saturated rings. The van der Waals surface area contributed by atoms with Crippen molar-refractivity contribution >= 4 is 17.4 Å². The van der Waals surface area contributed by atoms with Crippen molar-refractivity contribution in [3.63, 3.8) is 0 Å². The Morgan fingerprint density at radius 3 is 2.63 bits per heavy atom. The molecule has 0 heterocycles. The van der Waals surface area contributed by atoms with Crippen LogP contribution in [0.15, 0.2) is 36.4 Å². The van der Waals surface area contributed by atoms with Gasteiger partial charge in [-0.05, 0) is 36.8 Å². The van der Waals surface area contributed by atoms with Gasteiger partial charge in [0.2, 0.25) is 0 Å². The number of amidine groups is 1. The Morgan fingerprint density at radius 1 is 1.26 bits per heavy atom. The van der Waals surface area contributed by atoms with E-state index in [-0.39, 0.29) is 11.3 Å². The number of benzene rings is 2. The predicted octanol–water partition coefficient (Wildman–Crippen LogP) is 3.86. The molecule has 0 bridgehead atoms. The number of nitrogen functional groups attached to an aromatic ring is 1. The van der Waals surface area contributed by atoms with Crippen LogP contribution >= 0.6 is 11.6 Å². The first-order valence-electron chi connectivity index (χ1n) is 5.56. The third-order valence-corrected chi connectivity index (χ3v) is 2.85. The van der Waals surface area contributed by atoms with Gasteiger partial charge < -0.3 is 10.5 Å². The summed E-state index contributed by atoms with van der Waals surface area (Å²) in [5.74, 6) is -0.441. The third-order valence-electron chi connectivity index (χ3n) is 2.55. The van der Waals surface area contributed by atoms with Crippen LogP contribution in [0.3, 0.4) is 0 Å². The van der Waals surface area contributed by atoms with Crippen LogP contribution in [0, 0.1) is 18.2 Å². The molecule has 0 aliphatic carbocycles. The molecule has 2 aromatic rings. The summed E-state index contributed by atoms with van der Waals surface area (Å²) in [6, 6.07) is 9.50. The SMILES string of the molecule is Cc1ccc(Oc2cccc(F)c2C(=N)N)c(Cl)c1. The zero-order valence-corrected chi connectivity index (χ0v) is 11.0. The topological polar surface area (TPSA) is 59.1 Å². The number of hydrogen-bond donors (Lipinski definition) is 2. The molecule has 3 nitrogen and oxygen atoms in total. The van der Waals surface area contributed by atoms with Crippen molar-refractivity contribution in [1.82, 2.24) is 0 Å². The molecule has 0 saturated heterocycles. The van der Waals surface area contributed by atoms with Crippen molar-refractivity contribution in [1.29, 1.82) is 5.41 Å². The summed E-state index contributed by atoms with van der Waals surface area (Å²) in [5.41, 5.74) is 6.28. The average Bonchev–Trinajstić information content (AvgIpc) is 2.32. The molecule has 0 aromatic heterocycles.